The van der Waals surface area contributed by atoms with Gasteiger partial charge in [0.25, 0.3) is 0 Å². The molecule has 5 heteroatoms. The Labute approximate surface area is 167 Å². The molecule has 1 saturated heterocycles. The van der Waals surface area contributed by atoms with E-state index in [4.69, 9.17) is 0 Å². The predicted octanol–water partition coefficient (Wildman–Crippen LogP) is 4.02. The van der Waals surface area contributed by atoms with Gasteiger partial charge in [0.15, 0.2) is 0 Å². The quantitative estimate of drug-likeness (QED) is 0.763. The number of likely N-dealkylation sites (tertiary alicyclic amines) is 1. The second kappa shape index (κ2) is 9.40. The van der Waals surface area contributed by atoms with E-state index in [2.05, 4.69) is 42.7 Å². The van der Waals surface area contributed by atoms with Gasteiger partial charge in [0, 0.05) is 37.7 Å². The van der Waals surface area contributed by atoms with Crippen molar-refractivity contribution in [2.45, 2.75) is 32.6 Å². The van der Waals surface area contributed by atoms with Crippen LogP contribution in [0.15, 0.2) is 54.6 Å². The minimum Gasteiger partial charge on any atom is -0.342 e. The van der Waals surface area contributed by atoms with Crippen LogP contribution in [-0.4, -0.2) is 36.5 Å². The van der Waals surface area contributed by atoms with E-state index in [-0.39, 0.29) is 17.9 Å². The fourth-order valence-electron chi connectivity index (χ4n) is 3.50. The summed E-state index contributed by atoms with van der Waals surface area (Å²) in [7, 11) is 0. The third-order valence-electron chi connectivity index (χ3n) is 5.17. The van der Waals surface area contributed by atoms with Crippen LogP contribution in [-0.2, 0) is 11.2 Å². The summed E-state index contributed by atoms with van der Waals surface area (Å²) in [6.07, 6.45) is 1.36. The van der Waals surface area contributed by atoms with E-state index in [1.165, 1.54) is 11.1 Å². The van der Waals surface area contributed by atoms with Crippen molar-refractivity contribution in [2.75, 3.05) is 25.0 Å². The van der Waals surface area contributed by atoms with Gasteiger partial charge < -0.3 is 15.5 Å². The molecule has 0 unspecified atom stereocenters. The van der Waals surface area contributed by atoms with Crippen LogP contribution in [0.3, 0.4) is 0 Å². The molecule has 1 heterocycles. The molecule has 3 amide bonds. The van der Waals surface area contributed by atoms with Crippen molar-refractivity contribution < 1.29 is 9.59 Å². The molecular weight excluding hydrogens is 350 g/mol. The Morgan fingerprint density at radius 3 is 2.68 bits per heavy atom. The topological polar surface area (TPSA) is 61.4 Å². The van der Waals surface area contributed by atoms with Gasteiger partial charge in [-0.25, -0.2) is 4.79 Å². The minimum atomic E-state index is -0.226. The first kappa shape index (κ1) is 19.9. The molecule has 1 atom stereocenters. The zero-order valence-corrected chi connectivity index (χ0v) is 16.7. The Morgan fingerprint density at radius 1 is 1.14 bits per heavy atom. The monoisotopic (exact) mass is 379 g/mol. The van der Waals surface area contributed by atoms with Gasteiger partial charge in [-0.2, -0.15) is 0 Å². The van der Waals surface area contributed by atoms with E-state index in [1.807, 2.05) is 41.3 Å². The predicted molar refractivity (Wildman–Crippen MR) is 112 cm³/mol. The van der Waals surface area contributed by atoms with Crippen molar-refractivity contribution in [3.63, 3.8) is 0 Å². The molecule has 3 rings (SSSR count). The Bertz CT molecular complexity index is 805. The lowest BCUT2D eigenvalue weighted by molar-refractivity contribution is -0.127. The van der Waals surface area contributed by atoms with Crippen LogP contribution >= 0.6 is 0 Å². The largest absolute Gasteiger partial charge is 0.342 e. The number of benzene rings is 2. The first-order chi connectivity index (χ1) is 13.5. The molecular formula is C23H29N3O2. The van der Waals surface area contributed by atoms with Gasteiger partial charge in [0.2, 0.25) is 5.91 Å². The number of urea groups is 1. The molecule has 2 aromatic rings. The van der Waals surface area contributed by atoms with Gasteiger partial charge in [0.1, 0.15) is 0 Å². The Balaban J connectivity index is 1.43. The van der Waals surface area contributed by atoms with Crippen molar-refractivity contribution in [1.29, 1.82) is 0 Å². The molecule has 148 valence electrons. The molecule has 0 aromatic heterocycles. The summed E-state index contributed by atoms with van der Waals surface area (Å²) in [5.41, 5.74) is 3.21. The van der Waals surface area contributed by atoms with E-state index < -0.39 is 0 Å². The minimum absolute atomic E-state index is 0.163. The maximum absolute atomic E-state index is 12.2. The summed E-state index contributed by atoms with van der Waals surface area (Å²) in [5.74, 6) is 0.750. The smallest absolute Gasteiger partial charge is 0.319 e. The Hall–Kier alpha value is -2.82. The van der Waals surface area contributed by atoms with Crippen molar-refractivity contribution in [1.82, 2.24) is 10.2 Å². The molecule has 0 aliphatic carbocycles. The average molecular weight is 380 g/mol. The number of carbonyl (C=O) groups excluding carboxylic acids is 2. The van der Waals surface area contributed by atoms with Gasteiger partial charge in [0.05, 0.1) is 0 Å². The lowest BCUT2D eigenvalue weighted by atomic mass is 10.0. The van der Waals surface area contributed by atoms with E-state index >= 15 is 0 Å². The van der Waals surface area contributed by atoms with Crippen molar-refractivity contribution in [3.05, 3.63) is 65.7 Å². The fraction of sp³-hybridized carbons (Fsp3) is 0.391. The lowest BCUT2D eigenvalue weighted by Crippen LogP contribution is -2.34. The highest BCUT2D eigenvalue weighted by atomic mass is 16.2. The number of nitrogens with zero attached hydrogens (tertiary/aromatic N) is 1. The summed E-state index contributed by atoms with van der Waals surface area (Å²) in [6.45, 7) is 6.19. The van der Waals surface area contributed by atoms with E-state index in [0.717, 1.165) is 18.7 Å². The number of carbonyl (C=O) groups is 2. The van der Waals surface area contributed by atoms with Gasteiger partial charge >= 0.3 is 6.03 Å². The molecule has 2 aromatic carbocycles. The number of anilines is 1. The summed E-state index contributed by atoms with van der Waals surface area (Å²) >= 11 is 0. The number of rotatable bonds is 7. The molecule has 1 fully saturated rings. The van der Waals surface area contributed by atoms with E-state index in [9.17, 15) is 9.59 Å². The van der Waals surface area contributed by atoms with Crippen LogP contribution in [0.5, 0.6) is 0 Å². The molecule has 5 nitrogen and oxygen atoms in total. The van der Waals surface area contributed by atoms with Crippen LogP contribution < -0.4 is 10.6 Å². The maximum Gasteiger partial charge on any atom is 0.319 e. The second-order valence-corrected chi connectivity index (χ2v) is 7.76. The summed E-state index contributed by atoms with van der Waals surface area (Å²) in [4.78, 5) is 26.3. The Morgan fingerprint density at radius 2 is 1.93 bits per heavy atom. The highest BCUT2D eigenvalue weighted by molar-refractivity contribution is 5.89. The molecule has 0 spiro atoms. The number of hydrogen-bond acceptors (Lipinski definition) is 2. The van der Waals surface area contributed by atoms with Crippen molar-refractivity contribution in [3.8, 4) is 0 Å². The van der Waals surface area contributed by atoms with Crippen molar-refractivity contribution in [2.24, 2.45) is 5.92 Å². The van der Waals surface area contributed by atoms with Crippen molar-refractivity contribution >= 4 is 17.6 Å². The number of nitrogens with one attached hydrogen (secondary N) is 2. The van der Waals surface area contributed by atoms with Gasteiger partial charge in [-0.05, 0) is 35.6 Å². The third-order valence-corrected chi connectivity index (χ3v) is 5.17. The summed E-state index contributed by atoms with van der Waals surface area (Å²) < 4.78 is 0. The fourth-order valence-corrected chi connectivity index (χ4v) is 3.50. The van der Waals surface area contributed by atoms with Gasteiger partial charge in [-0.15, -0.1) is 0 Å². The third kappa shape index (κ3) is 5.59. The molecule has 0 saturated carbocycles. The summed E-state index contributed by atoms with van der Waals surface area (Å²) in [5, 5.41) is 5.79. The van der Waals surface area contributed by atoms with Crippen LogP contribution in [0.2, 0.25) is 0 Å². The van der Waals surface area contributed by atoms with Crippen LogP contribution in [0.1, 0.15) is 37.3 Å². The van der Waals surface area contributed by atoms with E-state index in [1.54, 1.807) is 0 Å². The highest BCUT2D eigenvalue weighted by Gasteiger charge is 2.29. The van der Waals surface area contributed by atoms with Gasteiger partial charge in [-0.1, -0.05) is 56.3 Å². The van der Waals surface area contributed by atoms with Crippen LogP contribution in [0.4, 0.5) is 10.5 Å². The highest BCUT2D eigenvalue weighted by Crippen LogP contribution is 2.19. The first-order valence-electron chi connectivity index (χ1n) is 9.98. The molecule has 0 radical (unpaired) electrons. The first-order valence-corrected chi connectivity index (χ1v) is 9.98. The van der Waals surface area contributed by atoms with Gasteiger partial charge in [-0.3, -0.25) is 4.79 Å². The molecule has 1 aliphatic heterocycles. The number of hydrogen-bond donors (Lipinski definition) is 2. The standard InChI is InChI=1S/C23H29N3O2/c1-17(2)20-9-6-10-21(14-20)25-23(28)24-15-19-13-22(27)26(16-19)12-11-18-7-4-3-5-8-18/h3-10,14,17,19H,11-13,15-16H2,1-2H3,(H2,24,25,28)/t19-/m0/s1. The lowest BCUT2D eigenvalue weighted by Gasteiger charge is -2.17. The maximum atomic E-state index is 12.2. The normalized spacial score (nSPS) is 16.5. The number of amides is 3. The molecule has 0 bridgehead atoms. The van der Waals surface area contributed by atoms with Crippen LogP contribution in [0, 0.1) is 5.92 Å². The zero-order valence-electron chi connectivity index (χ0n) is 16.7. The summed E-state index contributed by atoms with van der Waals surface area (Å²) in [6, 6.07) is 17.9. The molecule has 1 aliphatic rings. The zero-order chi connectivity index (χ0) is 19.9. The van der Waals surface area contributed by atoms with Crippen LogP contribution in [0.25, 0.3) is 0 Å². The second-order valence-electron chi connectivity index (χ2n) is 7.76. The Kier molecular flexibility index (Phi) is 6.69. The molecule has 28 heavy (non-hydrogen) atoms. The SMILES string of the molecule is CC(C)c1cccc(NC(=O)NC[C@@H]2CC(=O)N(CCc3ccccc3)C2)c1. The average Bonchev–Trinajstić information content (AvgIpc) is 3.05. The van der Waals surface area contributed by atoms with E-state index in [0.29, 0.717) is 25.4 Å². The molecule has 2 N–H and O–H groups in total.